The summed E-state index contributed by atoms with van der Waals surface area (Å²) < 4.78 is 1.87. The van der Waals surface area contributed by atoms with Crippen LogP contribution < -0.4 is 0 Å². The number of hydrogen-bond donors (Lipinski definition) is 0. The number of carbonyl (C=O) groups is 2. The maximum Gasteiger partial charge on any atom is 0.416 e. The van der Waals surface area contributed by atoms with Crippen LogP contribution in [-0.2, 0) is 4.79 Å². The van der Waals surface area contributed by atoms with E-state index in [2.05, 4.69) is 16.7 Å². The van der Waals surface area contributed by atoms with Crippen molar-refractivity contribution in [3.63, 3.8) is 0 Å². The zero-order chi connectivity index (χ0) is 15.3. The third kappa shape index (κ3) is 1.78. The number of imide groups is 1. The minimum atomic E-state index is -0.574. The molecule has 8 nitrogen and oxygen atoms in total. The Morgan fingerprint density at radius 2 is 2.14 bits per heavy atom. The molecular formula is C13H17N6O2+. The summed E-state index contributed by atoms with van der Waals surface area (Å²) in [4.78, 5) is 32.0. The predicted molar refractivity (Wildman–Crippen MR) is 77.3 cm³/mol. The average Bonchev–Trinajstić information content (AvgIpc) is 2.81. The van der Waals surface area contributed by atoms with E-state index in [9.17, 15) is 9.59 Å². The Kier molecular flexibility index (Phi) is 2.89. The molecule has 3 amide bonds. The van der Waals surface area contributed by atoms with Gasteiger partial charge in [0.25, 0.3) is 5.91 Å². The molecule has 1 fully saturated rings. The van der Waals surface area contributed by atoms with Gasteiger partial charge in [-0.3, -0.25) is 14.6 Å². The van der Waals surface area contributed by atoms with Crippen molar-refractivity contribution in [1.82, 2.24) is 14.8 Å². The summed E-state index contributed by atoms with van der Waals surface area (Å²) in [6.45, 7) is 6.21. The van der Waals surface area contributed by atoms with E-state index in [0.717, 1.165) is 5.71 Å². The van der Waals surface area contributed by atoms with Crippen LogP contribution in [0, 0.1) is 0 Å². The topological polar surface area (TPSA) is 71.6 Å². The fraction of sp³-hybridized carbons (Fsp3) is 0.462. The molecule has 0 bridgehead atoms. The number of aliphatic imine (C=N–C) groups is 1. The molecule has 3 aliphatic heterocycles. The van der Waals surface area contributed by atoms with Crippen molar-refractivity contribution in [2.24, 2.45) is 10.1 Å². The van der Waals surface area contributed by atoms with Crippen LogP contribution in [0.2, 0.25) is 0 Å². The average molecular weight is 289 g/mol. The van der Waals surface area contributed by atoms with Crippen LogP contribution >= 0.6 is 0 Å². The van der Waals surface area contributed by atoms with Crippen LogP contribution in [0.15, 0.2) is 22.7 Å². The minimum Gasteiger partial charge on any atom is -0.270 e. The number of carbonyl (C=O) groups excluding carboxylic acids is 2. The molecule has 1 atom stereocenters. The number of hydrogen-bond acceptors (Lipinski definition) is 5. The summed E-state index contributed by atoms with van der Waals surface area (Å²) in [6.07, 6.45) is 1.54. The molecule has 0 saturated carbocycles. The smallest absolute Gasteiger partial charge is 0.270 e. The van der Waals surface area contributed by atoms with Crippen molar-refractivity contribution in [2.45, 2.75) is 13.0 Å². The Morgan fingerprint density at radius 1 is 1.43 bits per heavy atom. The highest BCUT2D eigenvalue weighted by molar-refractivity contribution is 6.23. The lowest BCUT2D eigenvalue weighted by atomic mass is 10.1. The Labute approximate surface area is 122 Å². The molecule has 21 heavy (non-hydrogen) atoms. The first-order valence-electron chi connectivity index (χ1n) is 6.65. The number of amides is 3. The standard InChI is InChI=1S/C13H17N6O2/c1-5-6-18-11(20)9-10(16(3)13(18)21)14-12-17(4)15-8(2)7-19(9)12/h5,9H,1,6-7H2,2-4H3/q+1. The Balaban J connectivity index is 2.04. The van der Waals surface area contributed by atoms with Gasteiger partial charge >= 0.3 is 12.0 Å². The lowest BCUT2D eigenvalue weighted by Crippen LogP contribution is -2.63. The van der Waals surface area contributed by atoms with E-state index in [1.807, 2.05) is 11.5 Å². The minimum absolute atomic E-state index is 0.192. The Hall–Kier alpha value is -2.51. The Morgan fingerprint density at radius 3 is 2.81 bits per heavy atom. The fourth-order valence-corrected chi connectivity index (χ4v) is 2.80. The van der Waals surface area contributed by atoms with Gasteiger partial charge in [0.2, 0.25) is 11.9 Å². The molecule has 3 rings (SSSR count). The van der Waals surface area contributed by atoms with Crippen LogP contribution in [0.4, 0.5) is 4.79 Å². The quantitative estimate of drug-likeness (QED) is 0.510. The Bertz CT molecular complexity index is 647. The van der Waals surface area contributed by atoms with E-state index in [4.69, 9.17) is 0 Å². The van der Waals surface area contributed by atoms with E-state index in [0.29, 0.717) is 18.3 Å². The normalized spacial score (nSPS) is 24.9. The van der Waals surface area contributed by atoms with Crippen LogP contribution in [0.5, 0.6) is 0 Å². The first kappa shape index (κ1) is 13.5. The van der Waals surface area contributed by atoms with Gasteiger partial charge < -0.3 is 0 Å². The third-order valence-corrected chi connectivity index (χ3v) is 3.71. The molecule has 8 heteroatoms. The van der Waals surface area contributed by atoms with Crippen LogP contribution in [0.1, 0.15) is 6.92 Å². The van der Waals surface area contributed by atoms with Gasteiger partial charge in [-0.2, -0.15) is 0 Å². The van der Waals surface area contributed by atoms with E-state index in [-0.39, 0.29) is 18.5 Å². The van der Waals surface area contributed by atoms with Gasteiger partial charge in [0.05, 0.1) is 12.8 Å². The number of likely N-dealkylation sites (N-methyl/N-ethyl adjacent to an activating group) is 1. The van der Waals surface area contributed by atoms with Crippen molar-refractivity contribution < 1.29 is 14.2 Å². The first-order valence-corrected chi connectivity index (χ1v) is 6.65. The summed E-state index contributed by atoms with van der Waals surface area (Å²) in [7, 11) is 3.41. The number of fused-ring (bicyclic) bond motifs is 2. The molecule has 0 aromatic carbocycles. The molecule has 110 valence electrons. The van der Waals surface area contributed by atoms with Gasteiger partial charge in [0.15, 0.2) is 0 Å². The third-order valence-electron chi connectivity index (χ3n) is 3.71. The number of urea groups is 1. The molecule has 0 aromatic heterocycles. The van der Waals surface area contributed by atoms with Crippen molar-refractivity contribution in [3.8, 4) is 0 Å². The van der Waals surface area contributed by atoms with Gasteiger partial charge in [-0.05, 0) is 6.92 Å². The number of nitrogens with zero attached hydrogens (tertiary/aromatic N) is 6. The summed E-state index contributed by atoms with van der Waals surface area (Å²) in [5, 5.41) is 5.96. The van der Waals surface area contributed by atoms with Crippen LogP contribution in [0.3, 0.4) is 0 Å². The van der Waals surface area contributed by atoms with E-state index in [1.165, 1.54) is 9.80 Å². The predicted octanol–water partition coefficient (Wildman–Crippen LogP) is -0.463. The van der Waals surface area contributed by atoms with Gasteiger partial charge in [-0.25, -0.2) is 9.37 Å². The molecule has 3 aliphatic rings. The lowest BCUT2D eigenvalue weighted by molar-refractivity contribution is -0.527. The number of hydrazone groups is 1. The highest BCUT2D eigenvalue weighted by atomic mass is 16.2. The summed E-state index contributed by atoms with van der Waals surface area (Å²) >= 11 is 0. The fourth-order valence-electron chi connectivity index (χ4n) is 2.80. The second-order valence-electron chi connectivity index (χ2n) is 5.24. The summed E-state index contributed by atoms with van der Waals surface area (Å²) in [5.74, 6) is 0.779. The van der Waals surface area contributed by atoms with E-state index in [1.54, 1.807) is 25.2 Å². The zero-order valence-electron chi connectivity index (χ0n) is 12.3. The first-order chi connectivity index (χ1) is 9.95. The lowest BCUT2D eigenvalue weighted by Gasteiger charge is -2.33. The number of guanidine groups is 1. The van der Waals surface area contributed by atoms with E-state index < -0.39 is 6.04 Å². The second-order valence-corrected chi connectivity index (χ2v) is 5.24. The van der Waals surface area contributed by atoms with E-state index >= 15 is 0 Å². The van der Waals surface area contributed by atoms with Gasteiger partial charge in [-0.15, -0.1) is 16.7 Å². The maximum absolute atomic E-state index is 12.7. The van der Waals surface area contributed by atoms with Crippen molar-refractivity contribution in [3.05, 3.63) is 12.7 Å². The monoisotopic (exact) mass is 289 g/mol. The molecule has 3 heterocycles. The van der Waals surface area contributed by atoms with Crippen molar-refractivity contribution in [2.75, 3.05) is 27.2 Å². The number of amidine groups is 1. The molecule has 0 radical (unpaired) electrons. The highest BCUT2D eigenvalue weighted by Gasteiger charge is 2.53. The van der Waals surface area contributed by atoms with Crippen LogP contribution in [-0.4, -0.2) is 82.1 Å². The molecule has 1 unspecified atom stereocenters. The summed E-state index contributed by atoms with van der Waals surface area (Å²) in [6, 6.07) is -0.953. The van der Waals surface area contributed by atoms with Gasteiger partial charge in [-0.1, -0.05) is 11.1 Å². The second kappa shape index (κ2) is 4.51. The molecular weight excluding hydrogens is 272 g/mol. The van der Waals surface area contributed by atoms with Gasteiger partial charge in [0.1, 0.15) is 6.54 Å². The van der Waals surface area contributed by atoms with Crippen molar-refractivity contribution in [1.29, 1.82) is 0 Å². The molecule has 0 N–H and O–H groups in total. The van der Waals surface area contributed by atoms with Crippen LogP contribution in [0.25, 0.3) is 0 Å². The maximum atomic E-state index is 12.7. The van der Waals surface area contributed by atoms with Crippen molar-refractivity contribution >= 4 is 29.4 Å². The molecule has 0 aliphatic carbocycles. The van der Waals surface area contributed by atoms with Gasteiger partial charge in [0, 0.05) is 13.6 Å². The number of rotatable bonds is 2. The molecule has 1 saturated heterocycles. The summed E-state index contributed by atoms with van der Waals surface area (Å²) in [5.41, 5.74) is 0.889. The molecule has 0 aromatic rings. The largest absolute Gasteiger partial charge is 0.416 e. The SMILES string of the molecule is C=CCN1C(=O)C2C(=NC3=[N+]2CC(C)=NN3C)N(C)C1=O. The zero-order valence-corrected chi connectivity index (χ0v) is 12.3. The highest BCUT2D eigenvalue weighted by Crippen LogP contribution is 2.22. The molecule has 0 spiro atoms.